The first kappa shape index (κ1) is 14.6. The number of anilines is 1. The molecule has 7 heteroatoms. The molecule has 0 radical (unpaired) electrons. The molecule has 2 rings (SSSR count). The molecule has 1 aliphatic heterocycles. The summed E-state index contributed by atoms with van der Waals surface area (Å²) in [6.07, 6.45) is 1.31. The van der Waals surface area contributed by atoms with Crippen LogP contribution in [-0.2, 0) is 4.79 Å². The van der Waals surface area contributed by atoms with Crippen LogP contribution in [0.4, 0.5) is 14.9 Å². The molecular weight excluding hydrogens is 287 g/mol. The minimum atomic E-state index is -0.946. The lowest BCUT2D eigenvalue weighted by Crippen LogP contribution is -2.39. The number of amides is 2. The first-order valence-corrected chi connectivity index (χ1v) is 6.59. The third-order valence-corrected chi connectivity index (χ3v) is 3.55. The molecule has 0 spiro atoms. The number of urea groups is 1. The normalized spacial score (nSPS) is 18.1. The van der Waals surface area contributed by atoms with Crippen LogP contribution >= 0.6 is 11.6 Å². The number of nitrogens with zero attached hydrogens (tertiary/aromatic N) is 1. The van der Waals surface area contributed by atoms with E-state index in [0.717, 1.165) is 12.5 Å². The number of likely N-dealkylation sites (tertiary alicyclic amines) is 1. The van der Waals surface area contributed by atoms with Crippen molar-refractivity contribution in [1.82, 2.24) is 4.90 Å². The molecule has 1 fully saturated rings. The molecule has 0 bridgehead atoms. The summed E-state index contributed by atoms with van der Waals surface area (Å²) in [7, 11) is 0. The van der Waals surface area contributed by atoms with E-state index >= 15 is 0 Å². The van der Waals surface area contributed by atoms with E-state index in [1.807, 2.05) is 0 Å². The quantitative estimate of drug-likeness (QED) is 0.901. The molecule has 1 aromatic rings. The number of aliphatic carboxylic acids is 1. The highest BCUT2D eigenvalue weighted by Crippen LogP contribution is 2.25. The van der Waals surface area contributed by atoms with E-state index in [2.05, 4.69) is 5.32 Å². The number of hydrogen-bond acceptors (Lipinski definition) is 2. The van der Waals surface area contributed by atoms with Crippen LogP contribution in [-0.4, -0.2) is 34.6 Å². The van der Waals surface area contributed by atoms with Crippen LogP contribution in [0.5, 0.6) is 0 Å². The summed E-state index contributed by atoms with van der Waals surface area (Å²) in [5, 5.41) is 11.6. The van der Waals surface area contributed by atoms with Gasteiger partial charge in [0.2, 0.25) is 0 Å². The molecule has 5 nitrogen and oxygen atoms in total. The zero-order chi connectivity index (χ0) is 14.7. The molecule has 1 unspecified atom stereocenters. The zero-order valence-electron chi connectivity index (χ0n) is 10.6. The number of benzene rings is 1. The number of rotatable bonds is 3. The van der Waals surface area contributed by atoms with Gasteiger partial charge in [0.25, 0.3) is 0 Å². The van der Waals surface area contributed by atoms with E-state index in [-0.39, 0.29) is 23.2 Å². The minimum Gasteiger partial charge on any atom is -0.481 e. The lowest BCUT2D eigenvalue weighted by Gasteiger charge is -2.24. The highest BCUT2D eigenvalue weighted by Gasteiger charge is 2.30. The summed E-state index contributed by atoms with van der Waals surface area (Å²) in [6, 6.07) is 2.88. The van der Waals surface area contributed by atoms with Crippen molar-refractivity contribution >= 4 is 29.3 Å². The van der Waals surface area contributed by atoms with Crippen LogP contribution in [0.1, 0.15) is 19.3 Å². The standard InChI is InChI=1S/C13H14ClFN2O3/c14-10-4-3-8(15)6-11(10)16-13(20)17-5-1-2-9(17)7-12(18)19/h3-4,6,9H,1-2,5,7H2,(H,16,20)(H,18,19). The molecule has 1 aliphatic rings. The summed E-state index contributed by atoms with van der Waals surface area (Å²) >= 11 is 5.87. The van der Waals surface area contributed by atoms with E-state index < -0.39 is 17.8 Å². The van der Waals surface area contributed by atoms with Gasteiger partial charge in [-0.3, -0.25) is 4.79 Å². The largest absolute Gasteiger partial charge is 0.481 e. The fraction of sp³-hybridized carbons (Fsp3) is 0.385. The van der Waals surface area contributed by atoms with Gasteiger partial charge in [-0.1, -0.05) is 11.6 Å². The molecule has 2 N–H and O–H groups in total. The van der Waals surface area contributed by atoms with Gasteiger partial charge in [-0.2, -0.15) is 0 Å². The van der Waals surface area contributed by atoms with Crippen LogP contribution in [0.3, 0.4) is 0 Å². The third kappa shape index (κ3) is 3.39. The van der Waals surface area contributed by atoms with E-state index in [0.29, 0.717) is 13.0 Å². The summed E-state index contributed by atoms with van der Waals surface area (Å²) in [5.41, 5.74) is 0.178. The van der Waals surface area contributed by atoms with Crippen molar-refractivity contribution in [3.05, 3.63) is 29.0 Å². The Kier molecular flexibility index (Phi) is 4.44. The summed E-state index contributed by atoms with van der Waals surface area (Å²) < 4.78 is 13.1. The second kappa shape index (κ2) is 6.09. The fourth-order valence-electron chi connectivity index (χ4n) is 2.30. The predicted octanol–water partition coefficient (Wildman–Crippen LogP) is 2.95. The number of carboxylic acid groups (broad SMARTS) is 1. The van der Waals surface area contributed by atoms with E-state index in [4.69, 9.17) is 16.7 Å². The first-order valence-electron chi connectivity index (χ1n) is 6.22. The Balaban J connectivity index is 2.07. The van der Waals surface area contributed by atoms with Crippen molar-refractivity contribution in [1.29, 1.82) is 0 Å². The number of nitrogens with one attached hydrogen (secondary N) is 1. The molecule has 2 amide bonds. The van der Waals surface area contributed by atoms with Crippen LogP contribution < -0.4 is 5.32 Å². The Labute approximate surface area is 120 Å². The third-order valence-electron chi connectivity index (χ3n) is 3.22. The summed E-state index contributed by atoms with van der Waals surface area (Å²) in [5.74, 6) is -1.45. The van der Waals surface area contributed by atoms with Gasteiger partial charge < -0.3 is 15.3 Å². The number of carboxylic acids is 1. The van der Waals surface area contributed by atoms with E-state index in [1.165, 1.54) is 17.0 Å². The highest BCUT2D eigenvalue weighted by atomic mass is 35.5. The summed E-state index contributed by atoms with van der Waals surface area (Å²) in [4.78, 5) is 24.3. The topological polar surface area (TPSA) is 69.6 Å². The maximum atomic E-state index is 13.1. The second-order valence-corrected chi connectivity index (χ2v) is 5.05. The molecule has 1 saturated heterocycles. The molecule has 0 saturated carbocycles. The van der Waals surface area contributed by atoms with E-state index in [1.54, 1.807) is 0 Å². The number of carbonyl (C=O) groups is 2. The Bertz CT molecular complexity index is 538. The molecule has 0 aliphatic carbocycles. The average Bonchev–Trinajstić information content (AvgIpc) is 2.81. The van der Waals surface area contributed by atoms with Crippen LogP contribution in [0, 0.1) is 5.82 Å². The van der Waals surface area contributed by atoms with Crippen molar-refractivity contribution < 1.29 is 19.1 Å². The van der Waals surface area contributed by atoms with Gasteiger partial charge in [0.1, 0.15) is 5.82 Å². The van der Waals surface area contributed by atoms with Gasteiger partial charge in [0.15, 0.2) is 0 Å². The van der Waals surface area contributed by atoms with Crippen LogP contribution in [0.15, 0.2) is 18.2 Å². The number of carbonyl (C=O) groups excluding carboxylic acids is 1. The second-order valence-electron chi connectivity index (χ2n) is 4.64. The Morgan fingerprint density at radius 1 is 1.50 bits per heavy atom. The maximum absolute atomic E-state index is 13.1. The van der Waals surface area contributed by atoms with Crippen molar-refractivity contribution in [3.8, 4) is 0 Å². The molecule has 1 aromatic carbocycles. The lowest BCUT2D eigenvalue weighted by molar-refractivity contribution is -0.137. The molecule has 1 heterocycles. The van der Waals surface area contributed by atoms with Gasteiger partial charge in [-0.25, -0.2) is 9.18 Å². The molecule has 0 aromatic heterocycles. The Hall–Kier alpha value is -1.82. The Morgan fingerprint density at radius 3 is 2.95 bits per heavy atom. The van der Waals surface area contributed by atoms with Crippen LogP contribution in [0.25, 0.3) is 0 Å². The van der Waals surface area contributed by atoms with Crippen LogP contribution in [0.2, 0.25) is 5.02 Å². The smallest absolute Gasteiger partial charge is 0.322 e. The lowest BCUT2D eigenvalue weighted by atomic mass is 10.1. The van der Waals surface area contributed by atoms with Gasteiger partial charge in [-0.15, -0.1) is 0 Å². The fourth-order valence-corrected chi connectivity index (χ4v) is 2.46. The van der Waals surface area contributed by atoms with Crippen molar-refractivity contribution in [2.75, 3.05) is 11.9 Å². The molecule has 20 heavy (non-hydrogen) atoms. The molecule has 1 atom stereocenters. The van der Waals surface area contributed by atoms with Crippen molar-refractivity contribution in [3.63, 3.8) is 0 Å². The van der Waals surface area contributed by atoms with Gasteiger partial charge in [-0.05, 0) is 31.0 Å². The van der Waals surface area contributed by atoms with Crippen molar-refractivity contribution in [2.24, 2.45) is 0 Å². The monoisotopic (exact) mass is 300 g/mol. The summed E-state index contributed by atoms with van der Waals surface area (Å²) in [6.45, 7) is 0.483. The number of hydrogen-bond donors (Lipinski definition) is 2. The van der Waals surface area contributed by atoms with Gasteiger partial charge >= 0.3 is 12.0 Å². The SMILES string of the molecule is O=C(O)CC1CCCN1C(=O)Nc1cc(F)ccc1Cl. The molecule has 108 valence electrons. The van der Waals surface area contributed by atoms with Crippen molar-refractivity contribution in [2.45, 2.75) is 25.3 Å². The molecular formula is C13H14ClFN2O3. The first-order chi connectivity index (χ1) is 9.47. The Morgan fingerprint density at radius 2 is 2.25 bits per heavy atom. The highest BCUT2D eigenvalue weighted by molar-refractivity contribution is 6.33. The average molecular weight is 301 g/mol. The zero-order valence-corrected chi connectivity index (χ0v) is 11.4. The number of halogens is 2. The maximum Gasteiger partial charge on any atom is 0.322 e. The van der Waals surface area contributed by atoms with E-state index in [9.17, 15) is 14.0 Å². The predicted molar refractivity (Wildman–Crippen MR) is 72.4 cm³/mol. The van der Waals surface area contributed by atoms with Gasteiger partial charge in [0.05, 0.1) is 17.1 Å². The minimum absolute atomic E-state index is 0.0930. The van der Waals surface area contributed by atoms with Gasteiger partial charge in [0, 0.05) is 12.6 Å².